The normalized spacial score (nSPS) is 11.8. The highest BCUT2D eigenvalue weighted by atomic mass is 16.9. The predicted molar refractivity (Wildman–Crippen MR) is 79.6 cm³/mol. The summed E-state index contributed by atoms with van der Waals surface area (Å²) < 4.78 is 14.9. The Morgan fingerprint density at radius 3 is 1.54 bits per heavy atom. The van der Waals surface area contributed by atoms with Crippen LogP contribution in [0.2, 0.25) is 0 Å². The van der Waals surface area contributed by atoms with Crippen molar-refractivity contribution in [1.29, 1.82) is 0 Å². The van der Waals surface area contributed by atoms with E-state index in [9.17, 15) is 19.2 Å². The van der Waals surface area contributed by atoms with Gasteiger partial charge < -0.3 is 24.4 Å². The summed E-state index contributed by atoms with van der Waals surface area (Å²) in [6.45, 7) is 3.55. The van der Waals surface area contributed by atoms with Crippen LogP contribution in [0.5, 0.6) is 0 Å². The van der Waals surface area contributed by atoms with Gasteiger partial charge in [0.05, 0.1) is 5.60 Å². The molecule has 134 valence electrons. The number of carbonyl (C=O) groups is 4. The van der Waals surface area contributed by atoms with Crippen molar-refractivity contribution in [3.63, 3.8) is 0 Å². The highest BCUT2D eigenvalue weighted by Gasteiger charge is 2.29. The van der Waals surface area contributed by atoms with E-state index < -0.39 is 36.0 Å². The zero-order valence-corrected chi connectivity index (χ0v) is 13.6. The third kappa shape index (κ3) is 9.36. The lowest BCUT2D eigenvalue weighted by molar-refractivity contribution is -0.296. The minimum Gasteiger partial charge on any atom is -0.478 e. The molecule has 0 radical (unpaired) electrons. The number of esters is 2. The first-order valence-electron chi connectivity index (χ1n) is 7.03. The topological polar surface area (TPSA) is 136 Å². The van der Waals surface area contributed by atoms with Gasteiger partial charge >= 0.3 is 30.4 Å². The van der Waals surface area contributed by atoms with E-state index in [1.807, 2.05) is 0 Å². The molecule has 9 nitrogen and oxygen atoms in total. The van der Waals surface area contributed by atoms with Gasteiger partial charge in [-0.1, -0.05) is 13.8 Å². The van der Waals surface area contributed by atoms with Gasteiger partial charge in [0.2, 0.25) is 0 Å². The second-order valence-corrected chi connectivity index (χ2v) is 4.78. The van der Waals surface area contributed by atoms with Gasteiger partial charge in [-0.15, -0.1) is 0 Å². The second kappa shape index (κ2) is 10.2. The minimum atomic E-state index is -1.76. The Labute approximate surface area is 138 Å². The lowest BCUT2D eigenvalue weighted by Gasteiger charge is -2.30. The Bertz CT molecular complexity index is 491. The van der Waals surface area contributed by atoms with E-state index >= 15 is 0 Å². The summed E-state index contributed by atoms with van der Waals surface area (Å²) in [6, 6.07) is 0. The molecule has 0 heterocycles. The monoisotopic (exact) mass is 344 g/mol. The first-order chi connectivity index (χ1) is 11.1. The maximum absolute atomic E-state index is 11.5. The predicted octanol–water partition coefficient (Wildman–Crippen LogP) is 1.23. The van der Waals surface area contributed by atoms with Crippen molar-refractivity contribution in [3.05, 3.63) is 24.3 Å². The maximum Gasteiger partial charge on any atom is 0.366 e. The number of ether oxygens (including phenoxy) is 3. The van der Waals surface area contributed by atoms with Crippen molar-refractivity contribution in [2.45, 2.75) is 45.7 Å². The first-order valence-corrected chi connectivity index (χ1v) is 7.03. The van der Waals surface area contributed by atoms with Crippen LogP contribution in [-0.4, -0.2) is 46.2 Å². The van der Waals surface area contributed by atoms with E-state index in [2.05, 4.69) is 0 Å². The third-order valence-electron chi connectivity index (χ3n) is 3.03. The average molecular weight is 344 g/mol. The molecule has 0 unspecified atom stereocenters. The molecule has 0 fully saturated rings. The van der Waals surface area contributed by atoms with Gasteiger partial charge in [0, 0.05) is 24.3 Å². The molecule has 0 atom stereocenters. The van der Waals surface area contributed by atoms with E-state index in [1.165, 1.54) is 0 Å². The Balaban J connectivity index is 5.07. The molecule has 0 amide bonds. The summed E-state index contributed by atoms with van der Waals surface area (Å²) in [5.41, 5.74) is -0.780. The minimum absolute atomic E-state index is 0.505. The molecule has 0 aliphatic carbocycles. The highest BCUT2D eigenvalue weighted by Crippen LogP contribution is 2.22. The van der Waals surface area contributed by atoms with Crippen molar-refractivity contribution in [1.82, 2.24) is 0 Å². The molecule has 9 heteroatoms. The number of rotatable bonds is 10. The molecule has 0 bridgehead atoms. The summed E-state index contributed by atoms with van der Waals surface area (Å²) in [5, 5.41) is 16.9. The summed E-state index contributed by atoms with van der Waals surface area (Å²) in [6.07, 6.45) is 3.34. The smallest absolute Gasteiger partial charge is 0.366 e. The molecule has 2 N–H and O–H groups in total. The van der Waals surface area contributed by atoms with Gasteiger partial charge in [-0.25, -0.2) is 19.2 Å². The molecule has 0 aromatic carbocycles. The van der Waals surface area contributed by atoms with Gasteiger partial charge in [0.1, 0.15) is 0 Å². The third-order valence-corrected chi connectivity index (χ3v) is 3.03. The summed E-state index contributed by atoms with van der Waals surface area (Å²) in [7, 11) is 0. The Morgan fingerprint density at radius 1 is 0.875 bits per heavy atom. The number of hydrogen-bond acceptors (Lipinski definition) is 7. The fourth-order valence-corrected chi connectivity index (χ4v) is 1.27. The SMILES string of the molecule is CCC(C)(CC)OC(OC(=O)/C=C\C(=O)O)OC(=O)/C=C\C(=O)O. The van der Waals surface area contributed by atoms with Crippen LogP contribution < -0.4 is 0 Å². The van der Waals surface area contributed by atoms with Crippen LogP contribution in [0.3, 0.4) is 0 Å². The molecule has 0 aromatic heterocycles. The summed E-state index contributed by atoms with van der Waals surface area (Å²) in [4.78, 5) is 43.7. The van der Waals surface area contributed by atoms with Crippen LogP contribution in [0.15, 0.2) is 24.3 Å². The van der Waals surface area contributed by atoms with Crippen LogP contribution in [0.1, 0.15) is 33.6 Å². The van der Waals surface area contributed by atoms with Crippen LogP contribution >= 0.6 is 0 Å². The molecule has 0 rings (SSSR count). The van der Waals surface area contributed by atoms with Gasteiger partial charge in [0.25, 0.3) is 0 Å². The van der Waals surface area contributed by atoms with Gasteiger partial charge in [-0.3, -0.25) is 0 Å². The Morgan fingerprint density at radius 2 is 1.25 bits per heavy atom. The molecule has 0 aliphatic heterocycles. The van der Waals surface area contributed by atoms with Crippen LogP contribution in [0.25, 0.3) is 0 Å². The Hall–Kier alpha value is -2.68. The molecular weight excluding hydrogens is 324 g/mol. The van der Waals surface area contributed by atoms with Crippen LogP contribution in [-0.2, 0) is 33.4 Å². The molecule has 24 heavy (non-hydrogen) atoms. The van der Waals surface area contributed by atoms with Gasteiger partial charge in [-0.05, 0) is 19.8 Å². The van der Waals surface area contributed by atoms with Crippen molar-refractivity contribution >= 4 is 23.9 Å². The second-order valence-electron chi connectivity index (χ2n) is 4.78. The lowest BCUT2D eigenvalue weighted by atomic mass is 10.0. The van der Waals surface area contributed by atoms with E-state index in [1.54, 1.807) is 20.8 Å². The molecule has 0 aromatic rings. The zero-order valence-electron chi connectivity index (χ0n) is 13.6. The summed E-state index contributed by atoms with van der Waals surface area (Å²) in [5.74, 6) is -4.94. The number of carbonyl (C=O) groups excluding carboxylic acids is 2. The quantitative estimate of drug-likeness (QED) is 0.340. The number of aliphatic carboxylic acids is 2. The molecule has 0 saturated heterocycles. The zero-order chi connectivity index (χ0) is 18.8. The van der Waals surface area contributed by atoms with Crippen molar-refractivity contribution in [2.75, 3.05) is 0 Å². The number of carboxylic acids is 2. The van der Waals surface area contributed by atoms with E-state index in [0.29, 0.717) is 37.1 Å². The standard InChI is InChI=1S/C15H20O9/c1-4-15(3,5-2)24-14(22-12(20)8-6-10(16)17)23-13(21)9-7-11(18)19/h6-9,14H,4-5H2,1-3H3,(H,16,17)(H,18,19)/b8-6-,9-7-. The van der Waals surface area contributed by atoms with Crippen molar-refractivity contribution < 1.29 is 43.6 Å². The van der Waals surface area contributed by atoms with Crippen LogP contribution in [0, 0.1) is 0 Å². The summed E-state index contributed by atoms with van der Waals surface area (Å²) >= 11 is 0. The van der Waals surface area contributed by atoms with Crippen LogP contribution in [0.4, 0.5) is 0 Å². The van der Waals surface area contributed by atoms with Crippen molar-refractivity contribution in [2.24, 2.45) is 0 Å². The fraction of sp³-hybridized carbons (Fsp3) is 0.467. The van der Waals surface area contributed by atoms with E-state index in [0.717, 1.165) is 0 Å². The first kappa shape index (κ1) is 21.3. The molecule has 0 saturated carbocycles. The fourth-order valence-electron chi connectivity index (χ4n) is 1.27. The largest absolute Gasteiger partial charge is 0.478 e. The van der Waals surface area contributed by atoms with E-state index in [-0.39, 0.29) is 0 Å². The molecular formula is C15H20O9. The lowest BCUT2D eigenvalue weighted by Crippen LogP contribution is -2.37. The van der Waals surface area contributed by atoms with Crippen molar-refractivity contribution in [3.8, 4) is 0 Å². The van der Waals surface area contributed by atoms with Gasteiger partial charge in [0.15, 0.2) is 0 Å². The average Bonchev–Trinajstić information content (AvgIpc) is 2.50. The Kier molecular flexibility index (Phi) is 9.03. The number of carboxylic acid groups (broad SMARTS) is 2. The molecule has 0 spiro atoms. The number of hydrogen-bond donors (Lipinski definition) is 2. The van der Waals surface area contributed by atoms with Gasteiger partial charge in [-0.2, -0.15) is 0 Å². The molecule has 0 aliphatic rings. The highest BCUT2D eigenvalue weighted by molar-refractivity contribution is 5.91. The maximum atomic E-state index is 11.5. The van der Waals surface area contributed by atoms with E-state index in [4.69, 9.17) is 24.4 Å².